The molecule has 0 radical (unpaired) electrons. The second-order valence-corrected chi connectivity index (χ2v) is 13.5. The zero-order chi connectivity index (χ0) is 26.0. The monoisotopic (exact) mass is 519 g/mol. The van der Waals surface area contributed by atoms with E-state index in [1.54, 1.807) is 0 Å². The number of piperidine rings is 1. The molecule has 0 aromatic carbocycles. The average Bonchev–Trinajstić information content (AvgIpc) is 2.84. The van der Waals surface area contributed by atoms with Crippen LogP contribution in [0.5, 0.6) is 0 Å². The van der Waals surface area contributed by atoms with E-state index in [2.05, 4.69) is 12.2 Å². The molecule has 0 aliphatic carbocycles. The maximum Gasteiger partial charge on any atom is 0.340 e. The summed E-state index contributed by atoms with van der Waals surface area (Å²) >= 11 is 0. The van der Waals surface area contributed by atoms with E-state index < -0.39 is 13.8 Å². The topological polar surface area (TPSA) is 84.9 Å². The fourth-order valence-electron chi connectivity index (χ4n) is 4.49. The maximum absolute atomic E-state index is 13.7. The molecule has 2 N–H and O–H groups in total. The molecule has 0 amide bonds. The summed E-state index contributed by atoms with van der Waals surface area (Å²) in [5.41, 5.74) is -0.291. The van der Waals surface area contributed by atoms with Crippen molar-refractivity contribution < 1.29 is 28.0 Å². The van der Waals surface area contributed by atoms with Crippen LogP contribution in [0.4, 0.5) is 0 Å². The van der Waals surface area contributed by atoms with Crippen molar-refractivity contribution in [3.05, 3.63) is 0 Å². The minimum atomic E-state index is -3.55. The fraction of sp³-hybridized carbons (Fsp3) is 0.963. The number of likely N-dealkylation sites (N-methyl/N-ethyl adjacent to an activating group) is 1. The van der Waals surface area contributed by atoms with E-state index in [0.29, 0.717) is 17.4 Å². The second kappa shape index (κ2) is 18.9. The van der Waals surface area contributed by atoms with Crippen molar-refractivity contribution in [2.75, 3.05) is 47.4 Å². The summed E-state index contributed by atoms with van der Waals surface area (Å²) in [6.45, 7) is 3.24. The van der Waals surface area contributed by atoms with Crippen LogP contribution in [0.2, 0.25) is 0 Å². The predicted molar refractivity (Wildman–Crippen MR) is 145 cm³/mol. The van der Waals surface area contributed by atoms with Gasteiger partial charge in [0.1, 0.15) is 13.2 Å². The Balaban J connectivity index is 2.26. The van der Waals surface area contributed by atoms with Gasteiger partial charge in [-0.25, -0.2) is 0 Å². The van der Waals surface area contributed by atoms with Gasteiger partial charge in [-0.05, 0) is 25.8 Å². The standard InChI is InChI=1S/C27H56N2O5P/c1-5-6-7-8-9-10-11-12-13-14-15-16-17-19-25(31)24-33-35(32,26-20-18-21-28-22-26)34-27(23-30)29(2,3)4/h26-28,30H,5-24H2,1-4H3/q+1. The van der Waals surface area contributed by atoms with Crippen molar-refractivity contribution in [2.24, 2.45) is 0 Å². The van der Waals surface area contributed by atoms with Crippen molar-refractivity contribution in [3.63, 3.8) is 0 Å². The molecule has 1 aliphatic heterocycles. The highest BCUT2D eigenvalue weighted by molar-refractivity contribution is 7.54. The molecule has 35 heavy (non-hydrogen) atoms. The summed E-state index contributed by atoms with van der Waals surface area (Å²) < 4.78 is 25.7. The molecule has 0 saturated carbocycles. The number of hydrogen-bond acceptors (Lipinski definition) is 6. The molecule has 1 heterocycles. The lowest BCUT2D eigenvalue weighted by Gasteiger charge is -2.37. The first-order valence-corrected chi connectivity index (χ1v) is 15.9. The fourth-order valence-corrected chi connectivity index (χ4v) is 6.80. The quantitative estimate of drug-likeness (QED) is 0.0785. The third-order valence-corrected chi connectivity index (χ3v) is 9.33. The summed E-state index contributed by atoms with van der Waals surface area (Å²) in [6, 6.07) is 0. The summed E-state index contributed by atoms with van der Waals surface area (Å²) in [5, 5.41) is 13.0. The number of carbonyl (C=O) groups is 1. The summed E-state index contributed by atoms with van der Waals surface area (Å²) in [7, 11) is 2.09. The number of rotatable bonds is 22. The van der Waals surface area contributed by atoms with Crippen molar-refractivity contribution >= 4 is 13.4 Å². The van der Waals surface area contributed by atoms with Gasteiger partial charge in [-0.1, -0.05) is 84.0 Å². The number of nitrogens with one attached hydrogen (secondary N) is 1. The lowest BCUT2D eigenvalue weighted by atomic mass is 10.0. The van der Waals surface area contributed by atoms with E-state index in [9.17, 15) is 14.5 Å². The Bertz CT molecular complexity index is 591. The highest BCUT2D eigenvalue weighted by atomic mass is 31.2. The molecule has 1 saturated heterocycles. The van der Waals surface area contributed by atoms with Gasteiger partial charge in [-0.2, -0.15) is 0 Å². The summed E-state index contributed by atoms with van der Waals surface area (Å²) in [6.07, 6.45) is 17.9. The van der Waals surface area contributed by atoms with E-state index in [4.69, 9.17) is 9.05 Å². The van der Waals surface area contributed by atoms with E-state index in [1.807, 2.05) is 21.1 Å². The van der Waals surface area contributed by atoms with Crippen LogP contribution in [0, 0.1) is 0 Å². The van der Waals surface area contributed by atoms with Crippen molar-refractivity contribution in [2.45, 2.75) is 122 Å². The number of quaternary nitrogens is 1. The molecular formula is C27H56N2O5P+. The van der Waals surface area contributed by atoms with Crippen LogP contribution >= 0.6 is 7.60 Å². The zero-order valence-corrected chi connectivity index (χ0v) is 24.2. The smallest absolute Gasteiger partial charge is 0.340 e. The maximum atomic E-state index is 13.7. The second-order valence-electron chi connectivity index (χ2n) is 11.2. The molecular weight excluding hydrogens is 463 g/mol. The van der Waals surface area contributed by atoms with Crippen molar-refractivity contribution in [1.82, 2.24) is 5.32 Å². The zero-order valence-electron chi connectivity index (χ0n) is 23.3. The van der Waals surface area contributed by atoms with Crippen LogP contribution in [0.3, 0.4) is 0 Å². The van der Waals surface area contributed by atoms with E-state index in [0.717, 1.165) is 32.2 Å². The van der Waals surface area contributed by atoms with Gasteiger partial charge >= 0.3 is 7.60 Å². The molecule has 208 valence electrons. The first kappa shape index (κ1) is 32.7. The van der Waals surface area contributed by atoms with Crippen LogP contribution in [-0.2, 0) is 18.4 Å². The van der Waals surface area contributed by atoms with Gasteiger partial charge in [-0.3, -0.25) is 13.9 Å². The molecule has 3 unspecified atom stereocenters. The molecule has 0 aromatic rings. The number of aliphatic hydroxyl groups excluding tert-OH is 1. The van der Waals surface area contributed by atoms with Crippen LogP contribution in [-0.4, -0.2) is 74.7 Å². The molecule has 0 aromatic heterocycles. The van der Waals surface area contributed by atoms with E-state index >= 15 is 0 Å². The largest absolute Gasteiger partial charge is 0.387 e. The molecule has 0 spiro atoms. The van der Waals surface area contributed by atoms with Crippen LogP contribution < -0.4 is 5.32 Å². The molecule has 0 bridgehead atoms. The van der Waals surface area contributed by atoms with Crippen LogP contribution in [0.25, 0.3) is 0 Å². The van der Waals surface area contributed by atoms with Gasteiger partial charge in [0.05, 0.1) is 26.8 Å². The molecule has 1 fully saturated rings. The number of Topliss-reactive ketones (excluding diaryl/α,β-unsaturated/α-hetero) is 1. The minimum Gasteiger partial charge on any atom is -0.387 e. The molecule has 3 atom stereocenters. The summed E-state index contributed by atoms with van der Waals surface area (Å²) in [5.74, 6) is -0.0218. The number of hydrogen-bond donors (Lipinski definition) is 2. The number of unbranched alkanes of at least 4 members (excludes halogenated alkanes) is 12. The van der Waals surface area contributed by atoms with Gasteiger partial charge in [0.15, 0.2) is 5.78 Å². The third kappa shape index (κ3) is 14.9. The normalized spacial score (nSPS) is 19.4. The molecule has 8 heteroatoms. The number of carbonyl (C=O) groups excluding carboxylic acids is 1. The van der Waals surface area contributed by atoms with E-state index in [-0.39, 0.29) is 24.7 Å². The SMILES string of the molecule is CCCCCCCCCCCCCCCC(=O)COP(=O)(OC(CO)[N+](C)(C)C)C1CCCNC1. The summed E-state index contributed by atoms with van der Waals surface area (Å²) in [4.78, 5) is 12.5. The Morgan fingerprint density at radius 3 is 1.97 bits per heavy atom. The first-order chi connectivity index (χ1) is 16.7. The van der Waals surface area contributed by atoms with Crippen LogP contribution in [0.1, 0.15) is 110 Å². The first-order valence-electron chi connectivity index (χ1n) is 14.3. The van der Waals surface area contributed by atoms with Gasteiger partial charge in [0.2, 0.25) is 6.23 Å². The average molecular weight is 520 g/mol. The Kier molecular flexibility index (Phi) is 17.6. The van der Waals surface area contributed by atoms with Gasteiger partial charge in [0, 0.05) is 13.0 Å². The highest BCUT2D eigenvalue weighted by Gasteiger charge is 2.42. The van der Waals surface area contributed by atoms with Gasteiger partial charge < -0.3 is 19.4 Å². The highest BCUT2D eigenvalue weighted by Crippen LogP contribution is 2.56. The minimum absolute atomic E-state index is 0.0218. The lowest BCUT2D eigenvalue weighted by Crippen LogP contribution is -2.49. The third-order valence-electron chi connectivity index (χ3n) is 6.97. The lowest BCUT2D eigenvalue weighted by molar-refractivity contribution is -0.916. The number of ketones is 1. The number of aliphatic hydroxyl groups is 1. The Morgan fingerprint density at radius 1 is 0.971 bits per heavy atom. The predicted octanol–water partition coefficient (Wildman–Crippen LogP) is 6.04. The molecule has 1 aliphatic rings. The Hall–Kier alpha value is -0.300. The molecule has 1 rings (SSSR count). The van der Waals surface area contributed by atoms with E-state index in [1.165, 1.54) is 70.6 Å². The van der Waals surface area contributed by atoms with Crippen LogP contribution in [0.15, 0.2) is 0 Å². The van der Waals surface area contributed by atoms with Gasteiger partial charge in [0.25, 0.3) is 0 Å². The molecule has 7 nitrogen and oxygen atoms in total. The Morgan fingerprint density at radius 2 is 1.51 bits per heavy atom. The van der Waals surface area contributed by atoms with Crippen molar-refractivity contribution in [3.8, 4) is 0 Å². The number of nitrogens with zero attached hydrogens (tertiary/aromatic N) is 1. The van der Waals surface area contributed by atoms with Crippen molar-refractivity contribution in [1.29, 1.82) is 0 Å². The van der Waals surface area contributed by atoms with Gasteiger partial charge in [-0.15, -0.1) is 0 Å². The Labute approximate surface area is 215 Å².